The number of fused-ring (bicyclic) bond motifs is 1. The number of aryl methyl sites for hydroxylation is 1. The van der Waals surface area contributed by atoms with Gasteiger partial charge in [0.15, 0.2) is 5.69 Å². The van der Waals surface area contributed by atoms with Crippen LogP contribution in [0.25, 0.3) is 4.85 Å². The monoisotopic (exact) mass is 358 g/mol. The summed E-state index contributed by atoms with van der Waals surface area (Å²) < 4.78 is 10.3. The van der Waals surface area contributed by atoms with Gasteiger partial charge < -0.3 is 14.4 Å². The van der Waals surface area contributed by atoms with Crippen LogP contribution in [0.5, 0.6) is 0 Å². The summed E-state index contributed by atoms with van der Waals surface area (Å²) in [6, 6.07) is 5.26. The van der Waals surface area contributed by atoms with Gasteiger partial charge in [-0.1, -0.05) is 23.8 Å². The maximum Gasteiger partial charge on any atom is 0.410 e. The highest BCUT2D eigenvalue weighted by atomic mass is 16.6. The first-order valence-electron chi connectivity index (χ1n) is 8.82. The van der Waals surface area contributed by atoms with Crippen LogP contribution in [0.1, 0.15) is 57.2 Å². The van der Waals surface area contributed by atoms with Crippen LogP contribution in [0, 0.1) is 6.57 Å². The first-order chi connectivity index (χ1) is 12.2. The normalized spacial score (nSPS) is 16.9. The third kappa shape index (κ3) is 4.98. The first-order valence-corrected chi connectivity index (χ1v) is 8.82. The Morgan fingerprint density at radius 1 is 1.35 bits per heavy atom. The Labute approximate surface area is 154 Å². The fraction of sp³-hybridized carbons (Fsp3) is 0.550. The van der Waals surface area contributed by atoms with Gasteiger partial charge in [-0.2, -0.15) is 0 Å². The standard InChI is InChI=1S/C20H26N2O4/c1-20(2,3)26-19(24)22-12-6-7-14-13-15(21-4)8-9-16(14)17(22)10-11-18(23)25-5/h8-9,13,17H,6-7,10-12H2,1-3,5H3. The smallest absolute Gasteiger partial charge is 0.410 e. The molecule has 1 heterocycles. The zero-order valence-electron chi connectivity index (χ0n) is 15.9. The minimum Gasteiger partial charge on any atom is -0.469 e. The zero-order chi connectivity index (χ0) is 19.3. The number of ether oxygens (including phenoxy) is 2. The summed E-state index contributed by atoms with van der Waals surface area (Å²) in [6.45, 7) is 13.3. The summed E-state index contributed by atoms with van der Waals surface area (Å²) in [4.78, 5) is 29.6. The minimum atomic E-state index is -0.590. The fourth-order valence-corrected chi connectivity index (χ4v) is 3.17. The molecule has 1 aliphatic rings. The van der Waals surface area contributed by atoms with Gasteiger partial charge in [0.05, 0.1) is 19.7 Å². The molecule has 0 fully saturated rings. The highest BCUT2D eigenvalue weighted by Crippen LogP contribution is 2.35. The van der Waals surface area contributed by atoms with Gasteiger partial charge >= 0.3 is 12.1 Å². The van der Waals surface area contributed by atoms with Crippen LogP contribution in [-0.4, -0.2) is 36.2 Å². The highest BCUT2D eigenvalue weighted by molar-refractivity contribution is 5.71. The van der Waals surface area contributed by atoms with E-state index in [0.29, 0.717) is 18.7 Å². The lowest BCUT2D eigenvalue weighted by Crippen LogP contribution is -2.39. The van der Waals surface area contributed by atoms with E-state index in [1.54, 1.807) is 11.0 Å². The van der Waals surface area contributed by atoms with Crippen LogP contribution < -0.4 is 0 Å². The molecule has 26 heavy (non-hydrogen) atoms. The van der Waals surface area contributed by atoms with Gasteiger partial charge in [0.2, 0.25) is 0 Å². The molecule has 2 rings (SSSR count). The number of carbonyl (C=O) groups excluding carboxylic acids is 2. The molecule has 1 aromatic carbocycles. The molecule has 0 bridgehead atoms. The number of methoxy groups -OCH3 is 1. The van der Waals surface area contributed by atoms with Crippen molar-refractivity contribution >= 4 is 17.7 Å². The number of hydrogen-bond acceptors (Lipinski definition) is 4. The van der Waals surface area contributed by atoms with Gasteiger partial charge in [-0.3, -0.25) is 4.79 Å². The summed E-state index contributed by atoms with van der Waals surface area (Å²) in [5.74, 6) is -0.308. The first kappa shape index (κ1) is 19.8. The maximum atomic E-state index is 12.8. The van der Waals surface area contributed by atoms with E-state index in [-0.39, 0.29) is 24.5 Å². The lowest BCUT2D eigenvalue weighted by atomic mass is 9.95. The van der Waals surface area contributed by atoms with Crippen molar-refractivity contribution < 1.29 is 19.1 Å². The molecule has 6 nitrogen and oxygen atoms in total. The van der Waals surface area contributed by atoms with E-state index >= 15 is 0 Å². The molecule has 140 valence electrons. The van der Waals surface area contributed by atoms with Crippen LogP contribution >= 0.6 is 0 Å². The molecule has 1 aromatic rings. The largest absolute Gasteiger partial charge is 0.469 e. The number of carbonyl (C=O) groups is 2. The fourth-order valence-electron chi connectivity index (χ4n) is 3.17. The number of nitrogens with zero attached hydrogens (tertiary/aromatic N) is 2. The van der Waals surface area contributed by atoms with Gasteiger partial charge in [0.1, 0.15) is 5.60 Å². The summed E-state index contributed by atoms with van der Waals surface area (Å²) >= 11 is 0. The summed E-state index contributed by atoms with van der Waals surface area (Å²) in [5.41, 5.74) is 2.03. The van der Waals surface area contributed by atoms with Crippen molar-refractivity contribution in [1.82, 2.24) is 4.90 Å². The Balaban J connectivity index is 2.37. The van der Waals surface area contributed by atoms with Gasteiger partial charge in [0, 0.05) is 13.0 Å². The molecule has 1 aliphatic heterocycles. The summed E-state index contributed by atoms with van der Waals surface area (Å²) in [6.07, 6.45) is 1.85. The van der Waals surface area contributed by atoms with Gasteiger partial charge in [0.25, 0.3) is 0 Å². The molecular weight excluding hydrogens is 332 g/mol. The SMILES string of the molecule is [C-]#[N+]c1ccc2c(c1)CCCN(C(=O)OC(C)(C)C)C2CCC(=O)OC. The molecule has 0 N–H and O–H groups in total. The van der Waals surface area contributed by atoms with E-state index in [2.05, 4.69) is 4.85 Å². The molecule has 6 heteroatoms. The molecule has 0 aliphatic carbocycles. The highest BCUT2D eigenvalue weighted by Gasteiger charge is 2.32. The summed E-state index contributed by atoms with van der Waals surface area (Å²) in [7, 11) is 1.36. The van der Waals surface area contributed by atoms with E-state index in [4.69, 9.17) is 16.0 Å². The van der Waals surface area contributed by atoms with Crippen molar-refractivity contribution in [3.05, 3.63) is 40.7 Å². The lowest BCUT2D eigenvalue weighted by Gasteiger charge is -2.33. The third-order valence-electron chi connectivity index (χ3n) is 4.31. The van der Waals surface area contributed by atoms with Crippen LogP contribution in [0.3, 0.4) is 0 Å². The minimum absolute atomic E-state index is 0.213. The molecule has 0 radical (unpaired) electrons. The van der Waals surface area contributed by atoms with E-state index in [1.807, 2.05) is 32.9 Å². The van der Waals surface area contributed by atoms with E-state index < -0.39 is 5.60 Å². The van der Waals surface area contributed by atoms with Crippen molar-refractivity contribution in [2.75, 3.05) is 13.7 Å². The number of rotatable bonds is 3. The van der Waals surface area contributed by atoms with Crippen LogP contribution in [0.4, 0.5) is 10.5 Å². The zero-order valence-corrected chi connectivity index (χ0v) is 15.9. The maximum absolute atomic E-state index is 12.8. The second kappa shape index (κ2) is 8.22. The van der Waals surface area contributed by atoms with Gasteiger partial charge in [-0.25, -0.2) is 9.64 Å². The second-order valence-corrected chi connectivity index (χ2v) is 7.40. The topological polar surface area (TPSA) is 60.2 Å². The van der Waals surface area contributed by atoms with E-state index in [9.17, 15) is 9.59 Å². The lowest BCUT2D eigenvalue weighted by molar-refractivity contribution is -0.141. The Kier molecular flexibility index (Phi) is 6.25. The number of amides is 1. The molecule has 0 aromatic heterocycles. The van der Waals surface area contributed by atoms with Crippen molar-refractivity contribution in [2.24, 2.45) is 0 Å². The van der Waals surface area contributed by atoms with Crippen molar-refractivity contribution in [3.63, 3.8) is 0 Å². The average Bonchev–Trinajstić information content (AvgIpc) is 2.76. The van der Waals surface area contributed by atoms with E-state index in [0.717, 1.165) is 24.0 Å². The average molecular weight is 358 g/mol. The predicted octanol–water partition coefficient (Wildman–Crippen LogP) is 4.41. The summed E-state index contributed by atoms with van der Waals surface area (Å²) in [5, 5.41) is 0. The third-order valence-corrected chi connectivity index (χ3v) is 4.31. The quantitative estimate of drug-likeness (QED) is 0.593. The predicted molar refractivity (Wildman–Crippen MR) is 98.0 cm³/mol. The second-order valence-electron chi connectivity index (χ2n) is 7.40. The molecule has 1 amide bonds. The van der Waals surface area contributed by atoms with Crippen molar-refractivity contribution in [2.45, 2.75) is 58.1 Å². The van der Waals surface area contributed by atoms with Gasteiger partial charge in [-0.05, 0) is 45.6 Å². The van der Waals surface area contributed by atoms with Crippen LogP contribution in [0.2, 0.25) is 0 Å². The molecule has 0 spiro atoms. The Morgan fingerprint density at radius 3 is 2.69 bits per heavy atom. The van der Waals surface area contributed by atoms with Crippen LogP contribution in [-0.2, 0) is 20.7 Å². The molecule has 1 atom stereocenters. The number of esters is 1. The molecule has 0 saturated carbocycles. The molecule has 0 saturated heterocycles. The Bertz CT molecular complexity index is 716. The van der Waals surface area contributed by atoms with Crippen molar-refractivity contribution in [3.8, 4) is 0 Å². The number of hydrogen-bond donors (Lipinski definition) is 0. The molecular formula is C20H26N2O4. The Hall–Kier alpha value is -2.55. The van der Waals surface area contributed by atoms with E-state index in [1.165, 1.54) is 7.11 Å². The Morgan fingerprint density at radius 2 is 2.08 bits per heavy atom. The van der Waals surface area contributed by atoms with Crippen LogP contribution in [0.15, 0.2) is 18.2 Å². The molecule has 1 unspecified atom stereocenters. The van der Waals surface area contributed by atoms with Gasteiger partial charge in [-0.15, -0.1) is 0 Å². The van der Waals surface area contributed by atoms with Crippen molar-refractivity contribution in [1.29, 1.82) is 0 Å². The number of benzene rings is 1.